The molecule has 0 aromatic heterocycles. The molecule has 1 aromatic carbocycles. The molecule has 0 saturated carbocycles. The topological polar surface area (TPSA) is 46.5 Å². The first-order chi connectivity index (χ1) is 5.74. The quantitative estimate of drug-likeness (QED) is 0.719. The van der Waals surface area contributed by atoms with Gasteiger partial charge in [0.1, 0.15) is 0 Å². The fraction of sp³-hybridized carbons (Fsp3) is 0.125. The summed E-state index contributed by atoms with van der Waals surface area (Å²) in [5.41, 5.74) is 0.305. The molecule has 0 bridgehead atoms. The van der Waals surface area contributed by atoms with Crippen LogP contribution in [0.3, 0.4) is 0 Å². The van der Waals surface area contributed by atoms with Crippen LogP contribution in [-0.4, -0.2) is 18.2 Å². The maximum absolute atomic E-state index is 10.4. The van der Waals surface area contributed by atoms with Crippen LogP contribution in [0.2, 0.25) is 0 Å². The summed E-state index contributed by atoms with van der Waals surface area (Å²) in [6.45, 7) is 0. The van der Waals surface area contributed by atoms with E-state index in [-0.39, 0.29) is 8.81 Å². The van der Waals surface area contributed by atoms with E-state index in [0.717, 1.165) is 5.30 Å². The van der Waals surface area contributed by atoms with Crippen molar-refractivity contribution in [3.63, 3.8) is 0 Å². The number of benzene rings is 1. The largest absolute Gasteiger partial charge is 0.478 e. The molecule has 0 radical (unpaired) electrons. The Morgan fingerprint density at radius 2 is 2.00 bits per heavy atom. The van der Waals surface area contributed by atoms with Crippen molar-refractivity contribution < 1.29 is 14.4 Å². The van der Waals surface area contributed by atoms with Gasteiger partial charge in [0.05, 0.1) is 5.56 Å². The summed E-state index contributed by atoms with van der Waals surface area (Å²) in [5, 5.41) is 9.58. The molecule has 1 N–H and O–H groups in total. The second-order valence-electron chi connectivity index (χ2n) is 2.19. The monoisotopic (exact) mass is 184 g/mol. The number of carboxylic acids is 1. The molecule has 0 aliphatic heterocycles. The summed E-state index contributed by atoms with van der Waals surface area (Å²) in [6.07, 6.45) is 0. The van der Waals surface area contributed by atoms with Crippen LogP contribution in [0.15, 0.2) is 24.3 Å². The SMILES string of the molecule is COPc1ccc(C(=O)O)cc1. The van der Waals surface area contributed by atoms with Crippen LogP contribution in [0.1, 0.15) is 10.4 Å². The first kappa shape index (κ1) is 9.17. The van der Waals surface area contributed by atoms with Crippen molar-refractivity contribution in [1.29, 1.82) is 0 Å². The molecule has 0 spiro atoms. The molecule has 4 heteroatoms. The Kier molecular flexibility index (Phi) is 3.20. The van der Waals surface area contributed by atoms with Crippen LogP contribution < -0.4 is 5.30 Å². The zero-order valence-electron chi connectivity index (χ0n) is 6.57. The highest BCUT2D eigenvalue weighted by atomic mass is 31.1. The number of hydrogen-bond acceptors (Lipinski definition) is 2. The molecule has 0 heterocycles. The van der Waals surface area contributed by atoms with Gasteiger partial charge < -0.3 is 9.63 Å². The summed E-state index contributed by atoms with van der Waals surface area (Å²) in [4.78, 5) is 10.4. The Labute approximate surface area is 72.2 Å². The van der Waals surface area contributed by atoms with Crippen LogP contribution in [0.25, 0.3) is 0 Å². The van der Waals surface area contributed by atoms with Crippen molar-refractivity contribution in [2.45, 2.75) is 0 Å². The normalized spacial score (nSPS) is 10.8. The third-order valence-electron chi connectivity index (χ3n) is 1.35. The van der Waals surface area contributed by atoms with Crippen molar-refractivity contribution in [2.24, 2.45) is 0 Å². The molecule has 1 unspecified atom stereocenters. The minimum Gasteiger partial charge on any atom is -0.478 e. The lowest BCUT2D eigenvalue weighted by Crippen LogP contribution is -1.99. The van der Waals surface area contributed by atoms with Gasteiger partial charge in [-0.3, -0.25) is 0 Å². The van der Waals surface area contributed by atoms with Gasteiger partial charge in [-0.05, 0) is 17.4 Å². The van der Waals surface area contributed by atoms with Gasteiger partial charge in [0.15, 0.2) is 0 Å². The van der Waals surface area contributed by atoms with Crippen LogP contribution in [-0.2, 0) is 4.52 Å². The number of carbonyl (C=O) groups is 1. The molecule has 0 aliphatic carbocycles. The van der Waals surface area contributed by atoms with E-state index in [0.29, 0.717) is 5.56 Å². The molecule has 64 valence electrons. The van der Waals surface area contributed by atoms with Gasteiger partial charge in [-0.15, -0.1) is 0 Å². The second-order valence-corrected chi connectivity index (χ2v) is 3.38. The third kappa shape index (κ3) is 2.29. The molecule has 1 aromatic rings. The van der Waals surface area contributed by atoms with E-state index in [1.54, 1.807) is 31.4 Å². The Hall–Kier alpha value is -0.920. The lowest BCUT2D eigenvalue weighted by atomic mass is 10.2. The molecule has 0 amide bonds. The van der Waals surface area contributed by atoms with Crippen molar-refractivity contribution >= 4 is 20.1 Å². The zero-order valence-corrected chi connectivity index (χ0v) is 7.57. The Morgan fingerprint density at radius 3 is 2.42 bits per heavy atom. The summed E-state index contributed by atoms with van der Waals surface area (Å²) >= 11 is 0. The standard InChI is InChI=1S/C8H9O3P/c1-11-12-7-4-2-6(3-5-7)8(9)10/h2-5,12H,1H3,(H,9,10). The number of rotatable bonds is 3. The summed E-state index contributed by atoms with van der Waals surface area (Å²) in [5.74, 6) is -0.901. The van der Waals surface area contributed by atoms with Crippen LogP contribution in [0.4, 0.5) is 0 Å². The minimum atomic E-state index is -0.901. The Morgan fingerprint density at radius 1 is 1.42 bits per heavy atom. The molecular formula is C8H9O3P. The molecule has 0 saturated heterocycles. The fourth-order valence-electron chi connectivity index (χ4n) is 0.799. The first-order valence-electron chi connectivity index (χ1n) is 3.36. The highest BCUT2D eigenvalue weighted by molar-refractivity contribution is 7.41. The summed E-state index contributed by atoms with van der Waals surface area (Å²) < 4.78 is 4.91. The third-order valence-corrected chi connectivity index (χ3v) is 2.12. The van der Waals surface area contributed by atoms with E-state index in [1.165, 1.54) is 0 Å². The molecule has 12 heavy (non-hydrogen) atoms. The second kappa shape index (κ2) is 4.19. The fourth-order valence-corrected chi connectivity index (χ4v) is 1.34. The van der Waals surface area contributed by atoms with Crippen LogP contribution >= 0.6 is 8.81 Å². The van der Waals surface area contributed by atoms with Gasteiger partial charge in [-0.1, -0.05) is 12.1 Å². The number of aromatic carboxylic acids is 1. The zero-order chi connectivity index (χ0) is 8.97. The molecule has 0 aliphatic rings. The maximum atomic E-state index is 10.4. The van der Waals surface area contributed by atoms with E-state index < -0.39 is 5.97 Å². The van der Waals surface area contributed by atoms with Gasteiger partial charge >= 0.3 is 5.97 Å². The summed E-state index contributed by atoms with van der Waals surface area (Å²) in [6, 6.07) is 6.66. The van der Waals surface area contributed by atoms with Gasteiger partial charge in [0, 0.05) is 15.9 Å². The van der Waals surface area contributed by atoms with Crippen LogP contribution in [0, 0.1) is 0 Å². The van der Waals surface area contributed by atoms with Crippen molar-refractivity contribution in [3.05, 3.63) is 29.8 Å². The average Bonchev–Trinajstić information content (AvgIpc) is 2.06. The highest BCUT2D eigenvalue weighted by Crippen LogP contribution is 2.09. The van der Waals surface area contributed by atoms with Gasteiger partial charge in [-0.2, -0.15) is 0 Å². The van der Waals surface area contributed by atoms with Gasteiger partial charge in [-0.25, -0.2) is 4.79 Å². The van der Waals surface area contributed by atoms with E-state index >= 15 is 0 Å². The molecule has 0 fully saturated rings. The minimum absolute atomic E-state index is 0.284. The maximum Gasteiger partial charge on any atom is 0.335 e. The lowest BCUT2D eigenvalue weighted by molar-refractivity contribution is 0.0697. The molecular weight excluding hydrogens is 175 g/mol. The van der Waals surface area contributed by atoms with E-state index in [9.17, 15) is 4.79 Å². The lowest BCUT2D eigenvalue weighted by Gasteiger charge is -1.98. The van der Waals surface area contributed by atoms with Crippen molar-refractivity contribution in [3.8, 4) is 0 Å². The van der Waals surface area contributed by atoms with Crippen molar-refractivity contribution in [1.82, 2.24) is 0 Å². The van der Waals surface area contributed by atoms with Gasteiger partial charge in [0.25, 0.3) is 0 Å². The van der Waals surface area contributed by atoms with E-state index in [2.05, 4.69) is 0 Å². The smallest absolute Gasteiger partial charge is 0.335 e. The molecule has 3 nitrogen and oxygen atoms in total. The Balaban J connectivity index is 2.78. The predicted molar refractivity (Wildman–Crippen MR) is 48.4 cm³/mol. The van der Waals surface area contributed by atoms with E-state index in [1.807, 2.05) is 0 Å². The van der Waals surface area contributed by atoms with Gasteiger partial charge in [0.2, 0.25) is 0 Å². The van der Waals surface area contributed by atoms with Crippen LogP contribution in [0.5, 0.6) is 0 Å². The molecule has 1 rings (SSSR count). The Bertz CT molecular complexity index is 268. The summed E-state index contributed by atoms with van der Waals surface area (Å²) in [7, 11) is 1.90. The first-order valence-corrected chi connectivity index (χ1v) is 4.27. The number of carboxylic acid groups (broad SMARTS) is 1. The number of hydrogen-bond donors (Lipinski definition) is 1. The van der Waals surface area contributed by atoms with Crippen molar-refractivity contribution in [2.75, 3.05) is 7.11 Å². The average molecular weight is 184 g/mol. The van der Waals surface area contributed by atoms with E-state index in [4.69, 9.17) is 9.63 Å². The highest BCUT2D eigenvalue weighted by Gasteiger charge is 2.00. The predicted octanol–water partition coefficient (Wildman–Crippen LogP) is 1.25. The molecule has 1 atom stereocenters.